The molecule has 1 aliphatic carbocycles. The number of amides is 1. The Morgan fingerprint density at radius 3 is 2.65 bits per heavy atom. The van der Waals surface area contributed by atoms with Crippen LogP contribution in [0, 0.1) is 18.8 Å². The van der Waals surface area contributed by atoms with Crippen LogP contribution in [0.15, 0.2) is 48.9 Å². The van der Waals surface area contributed by atoms with Crippen molar-refractivity contribution in [1.29, 1.82) is 0 Å². The lowest BCUT2D eigenvalue weighted by atomic mass is 10.0. The number of aryl methyl sites for hydroxylation is 3. The highest BCUT2D eigenvalue weighted by Crippen LogP contribution is 2.36. The van der Waals surface area contributed by atoms with Crippen molar-refractivity contribution >= 4 is 11.6 Å². The first-order valence-electron chi connectivity index (χ1n) is 11.9. The lowest BCUT2D eigenvalue weighted by molar-refractivity contribution is 0.102. The molecule has 6 nitrogen and oxygen atoms in total. The fraction of sp³-hybridized carbons (Fsp3) is 0.357. The maximum Gasteiger partial charge on any atom is 0.255 e. The molecular formula is C28H31N5O. The van der Waals surface area contributed by atoms with Crippen LogP contribution in [-0.4, -0.2) is 58.5 Å². The first-order chi connectivity index (χ1) is 16.5. The molecule has 2 aromatic carbocycles. The standard InChI is InChI=1S/C28H31N5O/c1-20-4-8-24(17-21(20)5-9-25-18-32(3)19-29-25)30-28(34)23-6-10-26-22(16-23)7-11-27(26)33-14-12-31(2)13-15-33/h4,6,8,10,16-19,27H,7,11-15H2,1-3H3,(H,30,34). The average Bonchev–Trinajstić information content (AvgIpc) is 3.45. The lowest BCUT2D eigenvalue weighted by Gasteiger charge is -2.36. The van der Waals surface area contributed by atoms with Crippen LogP contribution < -0.4 is 5.32 Å². The van der Waals surface area contributed by atoms with E-state index in [4.69, 9.17) is 0 Å². The minimum absolute atomic E-state index is 0.0849. The van der Waals surface area contributed by atoms with Crippen LogP contribution in [0.3, 0.4) is 0 Å². The number of hydrogen-bond donors (Lipinski definition) is 1. The third-order valence-electron chi connectivity index (χ3n) is 6.96. The molecule has 34 heavy (non-hydrogen) atoms. The summed E-state index contributed by atoms with van der Waals surface area (Å²) < 4.78 is 1.87. The van der Waals surface area contributed by atoms with Gasteiger partial charge in [-0.05, 0) is 73.7 Å². The van der Waals surface area contributed by atoms with Crippen molar-refractivity contribution in [2.75, 3.05) is 38.5 Å². The number of carbonyl (C=O) groups is 1. The molecule has 1 unspecified atom stereocenters. The van der Waals surface area contributed by atoms with Gasteiger partial charge in [-0.2, -0.15) is 0 Å². The highest BCUT2D eigenvalue weighted by molar-refractivity contribution is 6.04. The molecule has 5 rings (SSSR count). The molecule has 0 saturated carbocycles. The molecule has 3 aromatic rings. The molecule has 2 heterocycles. The third kappa shape index (κ3) is 4.77. The number of nitrogens with zero attached hydrogens (tertiary/aromatic N) is 4. The van der Waals surface area contributed by atoms with Gasteiger partial charge >= 0.3 is 0 Å². The van der Waals surface area contributed by atoms with Gasteiger partial charge in [0, 0.05) is 62.3 Å². The van der Waals surface area contributed by atoms with E-state index < -0.39 is 0 Å². The van der Waals surface area contributed by atoms with Crippen molar-refractivity contribution < 1.29 is 4.79 Å². The number of rotatable bonds is 3. The second-order valence-electron chi connectivity index (χ2n) is 9.47. The van der Waals surface area contributed by atoms with Gasteiger partial charge in [0.05, 0.1) is 6.33 Å². The van der Waals surface area contributed by atoms with Gasteiger partial charge in [-0.1, -0.05) is 18.1 Å². The maximum atomic E-state index is 13.0. The zero-order chi connectivity index (χ0) is 23.7. The second-order valence-corrected chi connectivity index (χ2v) is 9.47. The van der Waals surface area contributed by atoms with E-state index >= 15 is 0 Å². The minimum Gasteiger partial charge on any atom is -0.339 e. The van der Waals surface area contributed by atoms with Crippen LogP contribution in [0.1, 0.15) is 50.8 Å². The average molecular weight is 454 g/mol. The van der Waals surface area contributed by atoms with Gasteiger partial charge in [-0.15, -0.1) is 0 Å². The van der Waals surface area contributed by atoms with Gasteiger partial charge in [0.1, 0.15) is 5.69 Å². The number of benzene rings is 2. The van der Waals surface area contributed by atoms with E-state index in [-0.39, 0.29) is 5.91 Å². The molecule has 1 fully saturated rings. The molecule has 1 N–H and O–H groups in total. The summed E-state index contributed by atoms with van der Waals surface area (Å²) in [4.78, 5) is 22.3. The molecule has 0 spiro atoms. The number of hydrogen-bond acceptors (Lipinski definition) is 4. The summed E-state index contributed by atoms with van der Waals surface area (Å²) in [5.41, 5.74) is 6.83. The molecule has 2 aliphatic rings. The Morgan fingerprint density at radius 1 is 1.06 bits per heavy atom. The molecule has 0 bridgehead atoms. The predicted octanol–water partition coefficient (Wildman–Crippen LogP) is 3.62. The first kappa shape index (κ1) is 22.4. The van der Waals surface area contributed by atoms with E-state index in [1.165, 1.54) is 11.1 Å². The number of anilines is 1. The van der Waals surface area contributed by atoms with Crippen LogP contribution in [0.5, 0.6) is 0 Å². The number of imidazole rings is 1. The maximum absolute atomic E-state index is 13.0. The van der Waals surface area contributed by atoms with Crippen molar-refractivity contribution in [3.05, 3.63) is 82.4 Å². The Kier molecular flexibility index (Phi) is 6.23. The van der Waals surface area contributed by atoms with Gasteiger partial charge in [-0.25, -0.2) is 4.98 Å². The molecule has 1 atom stereocenters. The normalized spacial score (nSPS) is 18.3. The monoisotopic (exact) mass is 453 g/mol. The van der Waals surface area contributed by atoms with Crippen LogP contribution in [0.4, 0.5) is 5.69 Å². The highest BCUT2D eigenvalue weighted by Gasteiger charge is 2.30. The van der Waals surface area contributed by atoms with Crippen LogP contribution >= 0.6 is 0 Å². The van der Waals surface area contributed by atoms with E-state index in [1.807, 2.05) is 49.0 Å². The number of piperazine rings is 1. The van der Waals surface area contributed by atoms with Gasteiger partial charge in [0.15, 0.2) is 0 Å². The largest absolute Gasteiger partial charge is 0.339 e. The molecule has 1 amide bonds. The second kappa shape index (κ2) is 9.46. The summed E-state index contributed by atoms with van der Waals surface area (Å²) in [6, 6.07) is 12.5. The SMILES string of the molecule is Cc1ccc(NC(=O)c2ccc3c(c2)CCC3N2CCN(C)CC2)cc1C#Cc1cn(C)cn1. The van der Waals surface area contributed by atoms with Crippen molar-refractivity contribution in [2.45, 2.75) is 25.8 Å². The van der Waals surface area contributed by atoms with Gasteiger partial charge in [0.2, 0.25) is 0 Å². The third-order valence-corrected chi connectivity index (χ3v) is 6.96. The van der Waals surface area contributed by atoms with Crippen molar-refractivity contribution in [3.63, 3.8) is 0 Å². The summed E-state index contributed by atoms with van der Waals surface area (Å²) in [5.74, 6) is 6.19. The van der Waals surface area contributed by atoms with Crippen molar-refractivity contribution in [3.8, 4) is 11.8 Å². The topological polar surface area (TPSA) is 53.4 Å². The quantitative estimate of drug-likeness (QED) is 0.616. The van der Waals surface area contributed by atoms with E-state index in [0.29, 0.717) is 11.6 Å². The fourth-order valence-corrected chi connectivity index (χ4v) is 4.90. The zero-order valence-corrected chi connectivity index (χ0v) is 20.1. The minimum atomic E-state index is -0.0849. The molecular weight excluding hydrogens is 422 g/mol. The summed E-state index contributed by atoms with van der Waals surface area (Å²) in [6.07, 6.45) is 5.79. The van der Waals surface area contributed by atoms with E-state index in [9.17, 15) is 4.79 Å². The number of likely N-dealkylation sites (N-methyl/N-ethyl adjacent to an activating group) is 1. The van der Waals surface area contributed by atoms with E-state index in [2.05, 4.69) is 51.1 Å². The molecule has 1 aromatic heterocycles. The number of nitrogens with one attached hydrogen (secondary N) is 1. The summed E-state index contributed by atoms with van der Waals surface area (Å²) in [7, 11) is 4.11. The molecule has 0 radical (unpaired) electrons. The Labute approximate surface area is 201 Å². The summed E-state index contributed by atoms with van der Waals surface area (Å²) >= 11 is 0. The predicted molar refractivity (Wildman–Crippen MR) is 135 cm³/mol. The Morgan fingerprint density at radius 2 is 1.88 bits per heavy atom. The van der Waals surface area contributed by atoms with E-state index in [0.717, 1.165) is 61.5 Å². The first-order valence-corrected chi connectivity index (χ1v) is 11.9. The molecule has 6 heteroatoms. The van der Waals surface area contributed by atoms with Gasteiger partial charge in [0.25, 0.3) is 5.91 Å². The van der Waals surface area contributed by atoms with Gasteiger partial charge < -0.3 is 14.8 Å². The Hall–Kier alpha value is -3.40. The fourth-order valence-electron chi connectivity index (χ4n) is 4.90. The number of carbonyl (C=O) groups excluding carboxylic acids is 1. The number of fused-ring (bicyclic) bond motifs is 1. The Bertz CT molecular complexity index is 1270. The molecule has 1 aliphatic heterocycles. The number of aromatic nitrogens is 2. The van der Waals surface area contributed by atoms with Crippen molar-refractivity contribution in [1.82, 2.24) is 19.4 Å². The smallest absolute Gasteiger partial charge is 0.255 e. The van der Waals surface area contributed by atoms with Crippen molar-refractivity contribution in [2.24, 2.45) is 7.05 Å². The molecule has 1 saturated heterocycles. The van der Waals surface area contributed by atoms with Crippen LogP contribution in [0.2, 0.25) is 0 Å². The lowest BCUT2D eigenvalue weighted by Crippen LogP contribution is -2.45. The summed E-state index contributed by atoms with van der Waals surface area (Å²) in [6.45, 7) is 6.49. The van der Waals surface area contributed by atoms with E-state index in [1.54, 1.807) is 6.33 Å². The zero-order valence-electron chi connectivity index (χ0n) is 20.1. The summed E-state index contributed by atoms with van der Waals surface area (Å²) in [5, 5.41) is 3.06. The Balaban J connectivity index is 1.29. The van der Waals surface area contributed by atoms with Gasteiger partial charge in [-0.3, -0.25) is 9.69 Å². The highest BCUT2D eigenvalue weighted by atomic mass is 16.1. The van der Waals surface area contributed by atoms with Crippen LogP contribution in [0.25, 0.3) is 0 Å². The van der Waals surface area contributed by atoms with Crippen LogP contribution in [-0.2, 0) is 13.5 Å². The molecule has 174 valence electrons.